The summed E-state index contributed by atoms with van der Waals surface area (Å²) in [6.07, 6.45) is 0. The van der Waals surface area contributed by atoms with Crippen molar-refractivity contribution in [3.63, 3.8) is 0 Å². The third kappa shape index (κ3) is 1.99. The Morgan fingerprint density at radius 3 is 2.69 bits per heavy atom. The summed E-state index contributed by atoms with van der Waals surface area (Å²) in [4.78, 5) is 10.7. The molecule has 0 aliphatic rings. The van der Waals surface area contributed by atoms with Crippen LogP contribution < -0.4 is 5.73 Å². The van der Waals surface area contributed by atoms with Gasteiger partial charge in [0.15, 0.2) is 0 Å². The first-order valence-corrected chi connectivity index (χ1v) is 4.11. The van der Waals surface area contributed by atoms with E-state index in [9.17, 15) is 4.79 Å². The Hall–Kier alpha value is -1.51. The van der Waals surface area contributed by atoms with Crippen LogP contribution in [0.25, 0.3) is 0 Å². The van der Waals surface area contributed by atoms with Gasteiger partial charge in [-0.1, -0.05) is 17.7 Å². The molecule has 13 heavy (non-hydrogen) atoms. The van der Waals surface area contributed by atoms with Crippen LogP contribution in [0.5, 0.6) is 0 Å². The van der Waals surface area contributed by atoms with Crippen molar-refractivity contribution in [2.45, 2.75) is 19.8 Å². The molecule has 1 aromatic carbocycles. The molecule has 0 aliphatic carbocycles. The van der Waals surface area contributed by atoms with Crippen molar-refractivity contribution in [1.82, 2.24) is 0 Å². The molecule has 0 amide bonds. The van der Waals surface area contributed by atoms with E-state index in [0.29, 0.717) is 11.3 Å². The fourth-order valence-corrected chi connectivity index (χ4v) is 1.20. The van der Waals surface area contributed by atoms with Crippen LogP contribution in [0.15, 0.2) is 18.2 Å². The number of nitrogens with two attached hydrogens (primary N) is 1. The van der Waals surface area contributed by atoms with Gasteiger partial charge >= 0.3 is 5.97 Å². The number of carboxylic acids is 1. The van der Waals surface area contributed by atoms with Crippen LogP contribution in [0.2, 0.25) is 0 Å². The number of aliphatic carboxylic acids is 1. The second-order valence-corrected chi connectivity index (χ2v) is 3.19. The summed E-state index contributed by atoms with van der Waals surface area (Å²) in [5, 5.41) is 8.80. The average Bonchev–Trinajstić information content (AvgIpc) is 2.08. The Labute approximate surface area is 77.2 Å². The quantitative estimate of drug-likeness (QED) is 0.680. The number of carboxylic acid groups (broad SMARTS) is 1. The van der Waals surface area contributed by atoms with Gasteiger partial charge in [-0.15, -0.1) is 0 Å². The number of carbonyl (C=O) groups is 1. The molecule has 1 unspecified atom stereocenters. The van der Waals surface area contributed by atoms with E-state index in [1.165, 1.54) is 0 Å². The smallest absolute Gasteiger partial charge is 0.310 e. The number of rotatable bonds is 2. The molecule has 1 rings (SSSR count). The van der Waals surface area contributed by atoms with Gasteiger partial charge < -0.3 is 10.8 Å². The zero-order valence-electron chi connectivity index (χ0n) is 7.74. The minimum Gasteiger partial charge on any atom is -0.481 e. The highest BCUT2D eigenvalue weighted by Crippen LogP contribution is 2.23. The molecule has 0 fully saturated rings. The van der Waals surface area contributed by atoms with Gasteiger partial charge in [0.1, 0.15) is 0 Å². The molecule has 3 heteroatoms. The summed E-state index contributed by atoms with van der Waals surface area (Å²) in [6, 6.07) is 5.42. The molecule has 0 aromatic heterocycles. The van der Waals surface area contributed by atoms with E-state index in [4.69, 9.17) is 10.8 Å². The summed E-state index contributed by atoms with van der Waals surface area (Å²) in [5.41, 5.74) is 7.92. The van der Waals surface area contributed by atoms with Crippen molar-refractivity contribution in [2.75, 3.05) is 5.73 Å². The molecule has 70 valence electrons. The van der Waals surface area contributed by atoms with Crippen molar-refractivity contribution in [2.24, 2.45) is 0 Å². The third-order valence-electron chi connectivity index (χ3n) is 2.08. The lowest BCUT2D eigenvalue weighted by Gasteiger charge is -2.10. The Bertz CT molecular complexity index is 334. The molecule has 1 atom stereocenters. The highest BCUT2D eigenvalue weighted by atomic mass is 16.4. The minimum atomic E-state index is -0.850. The molecule has 0 radical (unpaired) electrons. The van der Waals surface area contributed by atoms with Crippen LogP contribution in [0.4, 0.5) is 5.69 Å². The van der Waals surface area contributed by atoms with E-state index in [2.05, 4.69) is 0 Å². The predicted octanol–water partition coefficient (Wildman–Crippen LogP) is 1.77. The first-order chi connectivity index (χ1) is 6.02. The summed E-state index contributed by atoms with van der Waals surface area (Å²) >= 11 is 0. The molecule has 3 nitrogen and oxygen atoms in total. The van der Waals surface area contributed by atoms with Gasteiger partial charge in [0.05, 0.1) is 5.92 Å². The van der Waals surface area contributed by atoms with Crippen LogP contribution in [0.3, 0.4) is 0 Å². The summed E-state index contributed by atoms with van der Waals surface area (Å²) in [7, 11) is 0. The van der Waals surface area contributed by atoms with Crippen LogP contribution in [0, 0.1) is 6.92 Å². The lowest BCUT2D eigenvalue weighted by atomic mass is 9.98. The fraction of sp³-hybridized carbons (Fsp3) is 0.300. The molecular weight excluding hydrogens is 166 g/mol. The fourth-order valence-electron chi connectivity index (χ4n) is 1.20. The van der Waals surface area contributed by atoms with Crippen molar-refractivity contribution in [1.29, 1.82) is 0 Å². The molecule has 0 heterocycles. The van der Waals surface area contributed by atoms with Crippen molar-refractivity contribution >= 4 is 11.7 Å². The van der Waals surface area contributed by atoms with Crippen molar-refractivity contribution < 1.29 is 9.90 Å². The number of hydrogen-bond donors (Lipinski definition) is 2. The molecule has 0 saturated carbocycles. The van der Waals surface area contributed by atoms with Crippen LogP contribution >= 0.6 is 0 Å². The molecular formula is C10H13NO2. The van der Waals surface area contributed by atoms with Gasteiger partial charge in [0, 0.05) is 5.69 Å². The summed E-state index contributed by atoms with van der Waals surface area (Å²) in [5.74, 6) is -1.39. The van der Waals surface area contributed by atoms with E-state index in [-0.39, 0.29) is 0 Å². The van der Waals surface area contributed by atoms with E-state index in [1.807, 2.05) is 19.1 Å². The predicted molar refractivity (Wildman–Crippen MR) is 51.6 cm³/mol. The highest BCUT2D eigenvalue weighted by molar-refractivity contribution is 5.78. The number of nitrogen functional groups attached to an aromatic ring is 1. The van der Waals surface area contributed by atoms with E-state index in [1.54, 1.807) is 13.0 Å². The Morgan fingerprint density at radius 1 is 1.54 bits per heavy atom. The van der Waals surface area contributed by atoms with Crippen LogP contribution in [0.1, 0.15) is 24.0 Å². The van der Waals surface area contributed by atoms with Crippen LogP contribution in [-0.2, 0) is 4.79 Å². The number of hydrogen-bond acceptors (Lipinski definition) is 2. The largest absolute Gasteiger partial charge is 0.481 e. The van der Waals surface area contributed by atoms with Crippen molar-refractivity contribution in [3.8, 4) is 0 Å². The Morgan fingerprint density at radius 2 is 2.15 bits per heavy atom. The molecule has 3 N–H and O–H groups in total. The second-order valence-electron chi connectivity index (χ2n) is 3.19. The Kier molecular flexibility index (Phi) is 2.56. The van der Waals surface area contributed by atoms with Gasteiger partial charge in [0.25, 0.3) is 0 Å². The topological polar surface area (TPSA) is 63.3 Å². The standard InChI is InChI=1S/C10H13NO2/c1-6-3-4-9(11)8(5-6)7(2)10(12)13/h3-5,7H,11H2,1-2H3,(H,12,13). The normalized spacial score (nSPS) is 12.5. The van der Waals surface area contributed by atoms with Gasteiger partial charge in [-0.05, 0) is 25.5 Å². The number of anilines is 1. The third-order valence-corrected chi connectivity index (χ3v) is 2.08. The number of benzene rings is 1. The van der Waals surface area contributed by atoms with Crippen LogP contribution in [-0.4, -0.2) is 11.1 Å². The van der Waals surface area contributed by atoms with Gasteiger partial charge in [-0.25, -0.2) is 0 Å². The van der Waals surface area contributed by atoms with Gasteiger partial charge in [-0.2, -0.15) is 0 Å². The maximum Gasteiger partial charge on any atom is 0.310 e. The summed E-state index contributed by atoms with van der Waals surface area (Å²) < 4.78 is 0. The zero-order valence-corrected chi connectivity index (χ0v) is 7.74. The number of aryl methyl sites for hydroxylation is 1. The lowest BCUT2D eigenvalue weighted by Crippen LogP contribution is -2.09. The van der Waals surface area contributed by atoms with Gasteiger partial charge in [-0.3, -0.25) is 4.79 Å². The zero-order chi connectivity index (χ0) is 10.0. The first-order valence-electron chi connectivity index (χ1n) is 4.11. The lowest BCUT2D eigenvalue weighted by molar-refractivity contribution is -0.138. The molecule has 0 saturated heterocycles. The maximum absolute atomic E-state index is 10.7. The summed E-state index contributed by atoms with van der Waals surface area (Å²) in [6.45, 7) is 3.55. The molecule has 0 aliphatic heterocycles. The minimum absolute atomic E-state index is 0.542. The molecule has 1 aromatic rings. The average molecular weight is 179 g/mol. The van der Waals surface area contributed by atoms with E-state index < -0.39 is 11.9 Å². The van der Waals surface area contributed by atoms with E-state index in [0.717, 1.165) is 5.56 Å². The monoisotopic (exact) mass is 179 g/mol. The molecule has 0 bridgehead atoms. The maximum atomic E-state index is 10.7. The van der Waals surface area contributed by atoms with Gasteiger partial charge in [0.2, 0.25) is 0 Å². The SMILES string of the molecule is Cc1ccc(N)c(C(C)C(=O)O)c1. The van der Waals surface area contributed by atoms with Crippen molar-refractivity contribution in [3.05, 3.63) is 29.3 Å². The highest BCUT2D eigenvalue weighted by Gasteiger charge is 2.15. The molecule has 0 spiro atoms. The second kappa shape index (κ2) is 3.47. The van der Waals surface area contributed by atoms with E-state index >= 15 is 0 Å². The Balaban J connectivity index is 3.12. The first kappa shape index (κ1) is 9.58.